The minimum atomic E-state index is -4.88. The molecule has 2 aliphatic heterocycles. The van der Waals surface area contributed by atoms with Gasteiger partial charge < -0.3 is 9.84 Å². The van der Waals surface area contributed by atoms with Crippen molar-refractivity contribution in [2.24, 2.45) is 5.41 Å². The lowest BCUT2D eigenvalue weighted by atomic mass is 9.82. The molecule has 2 unspecified atom stereocenters. The third-order valence-electron chi connectivity index (χ3n) is 3.92. The molecular formula is C11H16N2O8S. The van der Waals surface area contributed by atoms with Crippen LogP contribution < -0.4 is 5.32 Å². The van der Waals surface area contributed by atoms with Crippen LogP contribution in [0.3, 0.4) is 0 Å². The van der Waals surface area contributed by atoms with Gasteiger partial charge in [-0.25, -0.2) is 0 Å². The molecule has 10 nitrogen and oxygen atoms in total. The van der Waals surface area contributed by atoms with Crippen molar-refractivity contribution in [3.63, 3.8) is 0 Å². The van der Waals surface area contributed by atoms with E-state index >= 15 is 0 Å². The molecule has 0 aromatic rings. The summed E-state index contributed by atoms with van der Waals surface area (Å²) >= 11 is 0. The molecule has 0 aliphatic carbocycles. The van der Waals surface area contributed by atoms with Crippen LogP contribution in [-0.4, -0.2) is 78.9 Å². The Morgan fingerprint density at radius 3 is 2.36 bits per heavy atom. The predicted molar refractivity (Wildman–Crippen MR) is 70.4 cm³/mol. The largest absolute Gasteiger partial charge is 0.480 e. The molecule has 2 saturated heterocycles. The van der Waals surface area contributed by atoms with Crippen molar-refractivity contribution in [2.75, 3.05) is 32.8 Å². The molecule has 124 valence electrons. The van der Waals surface area contributed by atoms with Crippen molar-refractivity contribution in [2.45, 2.75) is 11.7 Å². The number of aliphatic carboxylic acids is 1. The third kappa shape index (κ3) is 2.97. The molecule has 0 spiro atoms. The van der Waals surface area contributed by atoms with Crippen molar-refractivity contribution in [1.82, 2.24) is 10.2 Å². The van der Waals surface area contributed by atoms with Gasteiger partial charge in [0.2, 0.25) is 11.8 Å². The minimum Gasteiger partial charge on any atom is -0.480 e. The number of carboxylic acid groups (broad SMARTS) is 1. The molecule has 2 atom stereocenters. The van der Waals surface area contributed by atoms with Crippen LogP contribution in [-0.2, 0) is 29.2 Å². The molecule has 0 radical (unpaired) electrons. The van der Waals surface area contributed by atoms with E-state index < -0.39 is 45.0 Å². The van der Waals surface area contributed by atoms with E-state index in [9.17, 15) is 32.5 Å². The standard InChI is InChI=1S/C11H16N2O8S/c14-8-5-11(10(16)17,9(15)12-8)7(22(18,19)20)6-13-1-3-21-4-2-13/h7H,1-6H2,(H,16,17)(H,12,14,15)(H,18,19,20). The number of hydrogen-bond donors (Lipinski definition) is 3. The lowest BCUT2D eigenvalue weighted by Crippen LogP contribution is -2.56. The Bertz CT molecular complexity index is 597. The van der Waals surface area contributed by atoms with Gasteiger partial charge >= 0.3 is 5.97 Å². The quantitative estimate of drug-likeness (QED) is 0.286. The molecular weight excluding hydrogens is 320 g/mol. The number of amides is 2. The van der Waals surface area contributed by atoms with Crippen LogP contribution in [0.5, 0.6) is 0 Å². The average molecular weight is 336 g/mol. The molecule has 0 bridgehead atoms. The molecule has 0 aromatic carbocycles. The van der Waals surface area contributed by atoms with Crippen LogP contribution in [0.1, 0.15) is 6.42 Å². The SMILES string of the molecule is O=C1CC(C(=O)O)(C(CN2CCOCC2)S(=O)(=O)O)C(=O)N1. The van der Waals surface area contributed by atoms with Gasteiger partial charge in [-0.15, -0.1) is 0 Å². The summed E-state index contributed by atoms with van der Waals surface area (Å²) in [5.74, 6) is -3.87. The van der Waals surface area contributed by atoms with Crippen molar-refractivity contribution < 1.29 is 37.2 Å². The zero-order valence-corrected chi connectivity index (χ0v) is 12.3. The van der Waals surface area contributed by atoms with E-state index in [1.165, 1.54) is 0 Å². The zero-order valence-electron chi connectivity index (χ0n) is 11.5. The summed E-state index contributed by atoms with van der Waals surface area (Å²) in [6.07, 6.45) is -0.823. The van der Waals surface area contributed by atoms with Crippen molar-refractivity contribution >= 4 is 27.9 Å². The highest BCUT2D eigenvalue weighted by atomic mass is 32.2. The third-order valence-corrected chi connectivity index (χ3v) is 5.19. The number of imide groups is 1. The van der Waals surface area contributed by atoms with Gasteiger partial charge in [0.15, 0.2) is 5.41 Å². The summed E-state index contributed by atoms with van der Waals surface area (Å²) in [7, 11) is -4.88. The predicted octanol–water partition coefficient (Wildman–Crippen LogP) is -2.31. The molecule has 2 fully saturated rings. The van der Waals surface area contributed by atoms with Gasteiger partial charge in [-0.3, -0.25) is 29.2 Å². The van der Waals surface area contributed by atoms with Crippen molar-refractivity contribution in [1.29, 1.82) is 0 Å². The van der Waals surface area contributed by atoms with Gasteiger partial charge in [-0.2, -0.15) is 8.42 Å². The Balaban J connectivity index is 2.40. The smallest absolute Gasteiger partial charge is 0.321 e. The van der Waals surface area contributed by atoms with Gasteiger partial charge in [0.05, 0.1) is 19.6 Å². The van der Waals surface area contributed by atoms with Crippen LogP contribution in [0.4, 0.5) is 0 Å². The van der Waals surface area contributed by atoms with Crippen LogP contribution in [0.15, 0.2) is 0 Å². The molecule has 22 heavy (non-hydrogen) atoms. The average Bonchev–Trinajstić information content (AvgIpc) is 2.71. The number of carboxylic acids is 1. The van der Waals surface area contributed by atoms with Crippen LogP contribution in [0.25, 0.3) is 0 Å². The molecule has 2 amide bonds. The van der Waals surface area contributed by atoms with Gasteiger partial charge in [-0.1, -0.05) is 0 Å². The molecule has 2 rings (SSSR count). The molecule has 11 heteroatoms. The lowest BCUT2D eigenvalue weighted by Gasteiger charge is -2.34. The Kier molecular flexibility index (Phi) is 4.52. The van der Waals surface area contributed by atoms with E-state index in [1.807, 2.05) is 0 Å². The Morgan fingerprint density at radius 2 is 1.95 bits per heavy atom. The Morgan fingerprint density at radius 1 is 1.36 bits per heavy atom. The van der Waals surface area contributed by atoms with Gasteiger partial charge in [0, 0.05) is 19.6 Å². The van der Waals surface area contributed by atoms with E-state index in [0.717, 1.165) is 0 Å². The highest BCUT2D eigenvalue weighted by Crippen LogP contribution is 2.36. The number of nitrogens with zero attached hydrogens (tertiary/aromatic N) is 1. The first kappa shape index (κ1) is 16.8. The molecule has 0 saturated carbocycles. The zero-order chi connectivity index (χ0) is 16.5. The fourth-order valence-corrected chi connectivity index (χ4v) is 3.91. The first-order chi connectivity index (χ1) is 10.2. The lowest BCUT2D eigenvalue weighted by molar-refractivity contribution is -0.154. The maximum Gasteiger partial charge on any atom is 0.321 e. The van der Waals surface area contributed by atoms with E-state index in [1.54, 1.807) is 10.2 Å². The van der Waals surface area contributed by atoms with E-state index in [-0.39, 0.29) is 6.54 Å². The van der Waals surface area contributed by atoms with Crippen molar-refractivity contribution in [3.8, 4) is 0 Å². The van der Waals surface area contributed by atoms with Gasteiger partial charge in [0.25, 0.3) is 10.1 Å². The highest BCUT2D eigenvalue weighted by Gasteiger charge is 2.62. The topological polar surface area (TPSA) is 150 Å². The van der Waals surface area contributed by atoms with Gasteiger partial charge in [0.1, 0.15) is 5.25 Å². The monoisotopic (exact) mass is 336 g/mol. The number of carbonyl (C=O) groups is 3. The van der Waals surface area contributed by atoms with Crippen LogP contribution in [0, 0.1) is 5.41 Å². The van der Waals surface area contributed by atoms with E-state index in [2.05, 4.69) is 0 Å². The number of morpholine rings is 1. The summed E-state index contributed by atoms with van der Waals surface area (Å²) in [6, 6.07) is 0. The van der Waals surface area contributed by atoms with E-state index in [0.29, 0.717) is 26.3 Å². The summed E-state index contributed by atoms with van der Waals surface area (Å²) in [5.41, 5.74) is -2.52. The number of ether oxygens (including phenoxy) is 1. The molecule has 2 aliphatic rings. The number of hydrogen-bond acceptors (Lipinski definition) is 7. The summed E-state index contributed by atoms with van der Waals surface area (Å²) in [6.45, 7) is 0.927. The van der Waals surface area contributed by atoms with Crippen molar-refractivity contribution in [3.05, 3.63) is 0 Å². The number of rotatable bonds is 5. The second-order valence-electron chi connectivity index (χ2n) is 5.25. The number of nitrogens with one attached hydrogen (secondary N) is 1. The molecule has 3 N–H and O–H groups in total. The van der Waals surface area contributed by atoms with E-state index in [4.69, 9.17) is 4.74 Å². The first-order valence-corrected chi connectivity index (χ1v) is 8.02. The fraction of sp³-hybridized carbons (Fsp3) is 0.727. The Hall–Kier alpha value is -1.56. The Labute approximate surface area is 126 Å². The summed E-state index contributed by atoms with van der Waals surface area (Å²) in [4.78, 5) is 36.5. The van der Waals surface area contributed by atoms with Gasteiger partial charge in [-0.05, 0) is 0 Å². The fourth-order valence-electron chi connectivity index (χ4n) is 2.71. The van der Waals surface area contributed by atoms with Crippen LogP contribution >= 0.6 is 0 Å². The molecule has 2 heterocycles. The summed E-state index contributed by atoms with van der Waals surface area (Å²) in [5, 5.41) is 9.24. The maximum absolute atomic E-state index is 11.9. The normalized spacial score (nSPS) is 28.4. The second kappa shape index (κ2) is 5.91. The first-order valence-electron chi connectivity index (χ1n) is 6.52. The second-order valence-corrected chi connectivity index (χ2v) is 6.85. The van der Waals surface area contributed by atoms with Crippen LogP contribution in [0.2, 0.25) is 0 Å². The summed E-state index contributed by atoms with van der Waals surface area (Å²) < 4.78 is 37.9. The maximum atomic E-state index is 11.9. The number of carbonyl (C=O) groups excluding carboxylic acids is 2. The highest BCUT2D eigenvalue weighted by molar-refractivity contribution is 7.86. The minimum absolute atomic E-state index is 0.323. The molecule has 0 aromatic heterocycles.